The molecule has 2 rings (SSSR count). The van der Waals surface area contributed by atoms with E-state index in [1.54, 1.807) is 6.92 Å². The standard InChI is InChI=1S/C26H41N3O8/c1-5-18(33)10-11-23(35)27-24(17(4)32)26(37)29-13-7-9-21(29)25(36)28-12-6-8-20(28)22(34)14-19(15(2)30)16(3)31/h15,17,19-21,24,30,32H,5-14H2,1-4H3,(H,27,35)/t15-,17-,19+,20+,21+,24+/m1/s1. The molecule has 2 aliphatic rings. The molecular formula is C26H41N3O8. The fourth-order valence-electron chi connectivity index (χ4n) is 5.09. The Labute approximate surface area is 217 Å². The van der Waals surface area contributed by atoms with Gasteiger partial charge in [0.1, 0.15) is 23.7 Å². The van der Waals surface area contributed by atoms with Gasteiger partial charge in [-0.2, -0.15) is 0 Å². The van der Waals surface area contributed by atoms with E-state index >= 15 is 0 Å². The molecule has 3 amide bonds. The van der Waals surface area contributed by atoms with Gasteiger partial charge < -0.3 is 25.3 Å². The highest BCUT2D eigenvalue weighted by Gasteiger charge is 2.44. The molecule has 11 nitrogen and oxygen atoms in total. The Morgan fingerprint density at radius 2 is 1.49 bits per heavy atom. The van der Waals surface area contributed by atoms with Gasteiger partial charge in [-0.05, 0) is 46.5 Å². The van der Waals surface area contributed by atoms with Crippen LogP contribution in [0.2, 0.25) is 0 Å². The summed E-state index contributed by atoms with van der Waals surface area (Å²) in [7, 11) is 0. The van der Waals surface area contributed by atoms with E-state index in [-0.39, 0.29) is 49.1 Å². The number of amides is 3. The zero-order valence-corrected chi connectivity index (χ0v) is 22.3. The zero-order valence-electron chi connectivity index (χ0n) is 22.3. The number of carbonyl (C=O) groups is 6. The molecule has 6 atom stereocenters. The van der Waals surface area contributed by atoms with Crippen molar-refractivity contribution in [1.82, 2.24) is 15.1 Å². The van der Waals surface area contributed by atoms with Crippen LogP contribution in [0.3, 0.4) is 0 Å². The Bertz CT molecular complexity index is 887. The molecular weight excluding hydrogens is 482 g/mol. The predicted molar refractivity (Wildman–Crippen MR) is 133 cm³/mol. The van der Waals surface area contributed by atoms with Crippen molar-refractivity contribution in [3.63, 3.8) is 0 Å². The Balaban J connectivity index is 2.12. The van der Waals surface area contributed by atoms with E-state index in [0.29, 0.717) is 38.6 Å². The lowest BCUT2D eigenvalue weighted by atomic mass is 9.90. The second kappa shape index (κ2) is 13.8. The van der Waals surface area contributed by atoms with Crippen molar-refractivity contribution in [1.29, 1.82) is 0 Å². The normalized spacial score (nSPS) is 22.8. The first kappa shape index (κ1) is 30.6. The molecule has 2 saturated heterocycles. The predicted octanol–water partition coefficient (Wildman–Crippen LogP) is 0.139. The molecule has 0 aromatic carbocycles. The largest absolute Gasteiger partial charge is 0.393 e. The van der Waals surface area contributed by atoms with Gasteiger partial charge in [-0.25, -0.2) is 0 Å². The summed E-state index contributed by atoms with van der Waals surface area (Å²) in [4.78, 5) is 78.4. The molecule has 11 heteroatoms. The van der Waals surface area contributed by atoms with E-state index < -0.39 is 48.1 Å². The highest BCUT2D eigenvalue weighted by Crippen LogP contribution is 2.27. The summed E-state index contributed by atoms with van der Waals surface area (Å²) < 4.78 is 0. The van der Waals surface area contributed by atoms with Crippen molar-refractivity contribution in [3.05, 3.63) is 0 Å². The maximum atomic E-state index is 13.5. The van der Waals surface area contributed by atoms with Crippen LogP contribution in [0.25, 0.3) is 0 Å². The molecule has 0 radical (unpaired) electrons. The van der Waals surface area contributed by atoms with E-state index in [4.69, 9.17) is 0 Å². The molecule has 0 aliphatic carbocycles. The van der Waals surface area contributed by atoms with Gasteiger partial charge in [-0.15, -0.1) is 0 Å². The van der Waals surface area contributed by atoms with Gasteiger partial charge >= 0.3 is 0 Å². The lowest BCUT2D eigenvalue weighted by molar-refractivity contribution is -0.149. The van der Waals surface area contributed by atoms with Crippen molar-refractivity contribution in [2.45, 2.75) is 109 Å². The smallest absolute Gasteiger partial charge is 0.248 e. The summed E-state index contributed by atoms with van der Waals surface area (Å²) in [5, 5.41) is 22.6. The Hall–Kier alpha value is -2.66. The highest BCUT2D eigenvalue weighted by molar-refractivity contribution is 5.97. The number of likely N-dealkylation sites (tertiary alicyclic amines) is 2. The topological polar surface area (TPSA) is 161 Å². The molecule has 0 spiro atoms. The molecule has 0 saturated carbocycles. The number of hydrogen-bond acceptors (Lipinski definition) is 8. The number of rotatable bonds is 13. The van der Waals surface area contributed by atoms with Crippen LogP contribution in [0, 0.1) is 5.92 Å². The van der Waals surface area contributed by atoms with Crippen molar-refractivity contribution in [3.8, 4) is 0 Å². The summed E-state index contributed by atoms with van der Waals surface area (Å²) in [5.74, 6) is -3.01. The zero-order chi connectivity index (χ0) is 27.9. The summed E-state index contributed by atoms with van der Waals surface area (Å²) >= 11 is 0. The summed E-state index contributed by atoms with van der Waals surface area (Å²) in [6.07, 6.45) is -0.143. The van der Waals surface area contributed by atoms with Gasteiger partial charge in [0, 0.05) is 44.7 Å². The van der Waals surface area contributed by atoms with Crippen LogP contribution in [0.4, 0.5) is 0 Å². The molecule has 37 heavy (non-hydrogen) atoms. The van der Waals surface area contributed by atoms with Crippen LogP contribution in [-0.4, -0.2) is 98.5 Å². The van der Waals surface area contributed by atoms with Crippen LogP contribution in [0.15, 0.2) is 0 Å². The van der Waals surface area contributed by atoms with Gasteiger partial charge in [0.25, 0.3) is 0 Å². The molecule has 0 aromatic heterocycles. The highest BCUT2D eigenvalue weighted by atomic mass is 16.3. The number of ketones is 3. The molecule has 2 heterocycles. The minimum atomic E-state index is -1.27. The number of aliphatic hydroxyl groups excluding tert-OH is 2. The molecule has 0 bridgehead atoms. The third-order valence-electron chi connectivity index (χ3n) is 7.34. The first-order valence-corrected chi connectivity index (χ1v) is 13.2. The van der Waals surface area contributed by atoms with E-state index in [9.17, 15) is 39.0 Å². The fourth-order valence-corrected chi connectivity index (χ4v) is 5.09. The maximum Gasteiger partial charge on any atom is 0.248 e. The van der Waals surface area contributed by atoms with E-state index in [2.05, 4.69) is 5.32 Å². The van der Waals surface area contributed by atoms with E-state index in [0.717, 1.165) is 0 Å². The number of Topliss-reactive ketones (excluding diaryl/α,β-unsaturated/α-hetero) is 3. The second-order valence-corrected chi connectivity index (χ2v) is 10.2. The third-order valence-corrected chi connectivity index (χ3v) is 7.34. The minimum Gasteiger partial charge on any atom is -0.393 e. The Morgan fingerprint density at radius 3 is 2.03 bits per heavy atom. The third kappa shape index (κ3) is 7.91. The number of carbonyl (C=O) groups excluding carboxylic acids is 6. The first-order chi connectivity index (χ1) is 17.4. The van der Waals surface area contributed by atoms with Gasteiger partial charge in [-0.3, -0.25) is 28.8 Å². The van der Waals surface area contributed by atoms with Crippen LogP contribution in [-0.2, 0) is 28.8 Å². The summed E-state index contributed by atoms with van der Waals surface area (Å²) in [5.41, 5.74) is 0. The van der Waals surface area contributed by atoms with Crippen molar-refractivity contribution >= 4 is 35.1 Å². The molecule has 208 valence electrons. The molecule has 0 unspecified atom stereocenters. The lowest BCUT2D eigenvalue weighted by Crippen LogP contribution is -2.58. The van der Waals surface area contributed by atoms with Crippen molar-refractivity contribution < 1.29 is 39.0 Å². The van der Waals surface area contributed by atoms with Crippen LogP contribution in [0.1, 0.15) is 79.1 Å². The van der Waals surface area contributed by atoms with Crippen LogP contribution >= 0.6 is 0 Å². The molecule has 0 aromatic rings. The van der Waals surface area contributed by atoms with Crippen molar-refractivity contribution in [2.24, 2.45) is 5.92 Å². The van der Waals surface area contributed by atoms with Gasteiger partial charge in [0.15, 0.2) is 5.78 Å². The summed E-state index contributed by atoms with van der Waals surface area (Å²) in [6.45, 7) is 6.45. The number of aliphatic hydroxyl groups is 2. The number of nitrogens with zero attached hydrogens (tertiary/aromatic N) is 2. The first-order valence-electron chi connectivity index (χ1n) is 13.2. The number of nitrogens with one attached hydrogen (secondary N) is 1. The quantitative estimate of drug-likeness (QED) is 0.307. The van der Waals surface area contributed by atoms with Crippen molar-refractivity contribution in [2.75, 3.05) is 13.1 Å². The van der Waals surface area contributed by atoms with Crippen LogP contribution < -0.4 is 5.32 Å². The Morgan fingerprint density at radius 1 is 0.892 bits per heavy atom. The lowest BCUT2D eigenvalue weighted by Gasteiger charge is -2.33. The van der Waals surface area contributed by atoms with Gasteiger partial charge in [-0.1, -0.05) is 6.92 Å². The van der Waals surface area contributed by atoms with Gasteiger partial charge in [0.05, 0.1) is 18.2 Å². The Kier molecular flexibility index (Phi) is 11.4. The summed E-state index contributed by atoms with van der Waals surface area (Å²) in [6, 6.07) is -2.83. The van der Waals surface area contributed by atoms with E-state index in [1.165, 1.54) is 30.6 Å². The monoisotopic (exact) mass is 523 g/mol. The van der Waals surface area contributed by atoms with Gasteiger partial charge in [0.2, 0.25) is 17.7 Å². The maximum absolute atomic E-state index is 13.5. The molecule has 2 aliphatic heterocycles. The van der Waals surface area contributed by atoms with Crippen LogP contribution in [0.5, 0.6) is 0 Å². The average Bonchev–Trinajstić information content (AvgIpc) is 3.53. The minimum absolute atomic E-state index is 0.0395. The fraction of sp³-hybridized carbons (Fsp3) is 0.769. The number of hydrogen-bond donors (Lipinski definition) is 3. The second-order valence-electron chi connectivity index (χ2n) is 10.2. The SMILES string of the molecule is CCC(=O)CCC(=O)N[C@H](C(=O)N1CCC[C@H]1C(=O)N1CCC[C@H]1C(=O)C[C@H](C(C)=O)[C@@H](C)O)[C@@H](C)O. The molecule has 2 fully saturated rings. The average molecular weight is 524 g/mol. The van der Waals surface area contributed by atoms with E-state index in [1.807, 2.05) is 0 Å². The molecule has 3 N–H and O–H groups in total.